The lowest BCUT2D eigenvalue weighted by Crippen LogP contribution is -2.44. The molecule has 0 atom stereocenters. The van der Waals surface area contributed by atoms with Crippen LogP contribution in [0.15, 0.2) is 18.2 Å². The maximum atomic E-state index is 12.8. The number of likely N-dealkylation sites (tertiary alicyclic amines) is 1. The van der Waals surface area contributed by atoms with Gasteiger partial charge in [-0.25, -0.2) is 0 Å². The zero-order valence-electron chi connectivity index (χ0n) is 13.8. The van der Waals surface area contributed by atoms with Gasteiger partial charge in [0.05, 0.1) is 11.7 Å². The van der Waals surface area contributed by atoms with Crippen molar-refractivity contribution < 1.29 is 9.53 Å². The Morgan fingerprint density at radius 1 is 1.32 bits per heavy atom. The number of carbonyl (C=O) groups is 1. The maximum absolute atomic E-state index is 12.8. The first-order valence-electron chi connectivity index (χ1n) is 7.80. The van der Waals surface area contributed by atoms with Gasteiger partial charge >= 0.3 is 0 Å². The third-order valence-electron chi connectivity index (χ3n) is 4.02. The van der Waals surface area contributed by atoms with Crippen molar-refractivity contribution in [2.75, 3.05) is 27.2 Å². The fraction of sp³-hybridized carbons (Fsp3) is 0.588. The van der Waals surface area contributed by atoms with Crippen LogP contribution in [0.25, 0.3) is 0 Å². The molecule has 0 spiro atoms. The second kappa shape index (κ2) is 7.34. The van der Waals surface area contributed by atoms with Crippen molar-refractivity contribution in [3.63, 3.8) is 0 Å². The summed E-state index contributed by atoms with van der Waals surface area (Å²) in [6.45, 7) is 5.45. The van der Waals surface area contributed by atoms with Gasteiger partial charge < -0.3 is 14.5 Å². The molecule has 1 aliphatic rings. The lowest BCUT2D eigenvalue weighted by atomic mass is 10.0. The first kappa shape index (κ1) is 17.1. The van der Waals surface area contributed by atoms with Crippen LogP contribution in [0.2, 0.25) is 5.02 Å². The van der Waals surface area contributed by atoms with Gasteiger partial charge in [-0.15, -0.1) is 0 Å². The van der Waals surface area contributed by atoms with Gasteiger partial charge in [0.2, 0.25) is 0 Å². The van der Waals surface area contributed by atoms with Crippen LogP contribution in [0.1, 0.15) is 37.0 Å². The minimum Gasteiger partial charge on any atom is -0.490 e. The number of amides is 1. The third kappa shape index (κ3) is 4.14. The van der Waals surface area contributed by atoms with Crippen molar-refractivity contribution >= 4 is 17.5 Å². The van der Waals surface area contributed by atoms with E-state index in [-0.39, 0.29) is 12.0 Å². The normalized spacial score (nSPS) is 16.4. The zero-order valence-corrected chi connectivity index (χ0v) is 14.6. The Kier molecular flexibility index (Phi) is 5.70. The van der Waals surface area contributed by atoms with E-state index in [0.717, 1.165) is 25.9 Å². The summed E-state index contributed by atoms with van der Waals surface area (Å²) < 4.78 is 5.76. The minimum absolute atomic E-state index is 0.00959. The summed E-state index contributed by atoms with van der Waals surface area (Å²) >= 11 is 6.07. The average molecular weight is 325 g/mol. The second-order valence-electron chi connectivity index (χ2n) is 6.29. The maximum Gasteiger partial charge on any atom is 0.257 e. The third-order valence-corrected chi connectivity index (χ3v) is 4.25. The van der Waals surface area contributed by atoms with E-state index in [4.69, 9.17) is 16.3 Å². The Morgan fingerprint density at radius 2 is 1.95 bits per heavy atom. The summed E-state index contributed by atoms with van der Waals surface area (Å²) in [5.41, 5.74) is 0.560. The van der Waals surface area contributed by atoms with Crippen LogP contribution in [-0.4, -0.2) is 55.0 Å². The predicted octanol–water partition coefficient (Wildman–Crippen LogP) is 3.29. The van der Waals surface area contributed by atoms with Crippen LogP contribution in [-0.2, 0) is 0 Å². The number of hydrogen-bond donors (Lipinski definition) is 0. The fourth-order valence-electron chi connectivity index (χ4n) is 2.78. The van der Waals surface area contributed by atoms with E-state index in [1.807, 2.05) is 18.7 Å². The molecule has 0 bridgehead atoms. The smallest absolute Gasteiger partial charge is 0.257 e. The molecule has 2 rings (SSSR count). The van der Waals surface area contributed by atoms with Crippen molar-refractivity contribution in [3.05, 3.63) is 28.8 Å². The molecular weight excluding hydrogens is 300 g/mol. The standard InChI is InChI=1S/C17H25ClN2O2/c1-12(2)22-16-6-5-13(18)11-15(16)17(21)20-9-7-14(8-10-20)19(3)4/h5-6,11-12,14H,7-10H2,1-4H3. The van der Waals surface area contributed by atoms with Crippen LogP contribution >= 0.6 is 11.6 Å². The molecule has 1 fully saturated rings. The first-order valence-corrected chi connectivity index (χ1v) is 8.18. The topological polar surface area (TPSA) is 32.8 Å². The van der Waals surface area contributed by atoms with Gasteiger partial charge in [-0.2, -0.15) is 0 Å². The predicted molar refractivity (Wildman–Crippen MR) is 89.8 cm³/mol. The number of halogens is 1. The molecule has 4 nitrogen and oxygen atoms in total. The number of piperidine rings is 1. The largest absolute Gasteiger partial charge is 0.490 e. The lowest BCUT2D eigenvalue weighted by Gasteiger charge is -2.35. The molecule has 0 N–H and O–H groups in total. The molecular formula is C17H25ClN2O2. The van der Waals surface area contributed by atoms with Gasteiger partial charge in [0.15, 0.2) is 0 Å². The second-order valence-corrected chi connectivity index (χ2v) is 6.73. The van der Waals surface area contributed by atoms with Crippen LogP contribution in [0.4, 0.5) is 0 Å². The Hall–Kier alpha value is -1.26. The van der Waals surface area contributed by atoms with Crippen molar-refractivity contribution in [1.29, 1.82) is 0 Å². The highest BCUT2D eigenvalue weighted by Crippen LogP contribution is 2.27. The molecule has 1 aromatic rings. The average Bonchev–Trinajstić information content (AvgIpc) is 2.48. The highest BCUT2D eigenvalue weighted by molar-refractivity contribution is 6.31. The Balaban J connectivity index is 2.14. The van der Waals surface area contributed by atoms with Gasteiger partial charge in [-0.3, -0.25) is 4.79 Å². The molecule has 0 saturated carbocycles. The molecule has 5 heteroatoms. The molecule has 1 aromatic carbocycles. The van der Waals surface area contributed by atoms with E-state index in [0.29, 0.717) is 22.4 Å². The molecule has 22 heavy (non-hydrogen) atoms. The highest BCUT2D eigenvalue weighted by Gasteiger charge is 2.26. The van der Waals surface area contributed by atoms with E-state index in [1.54, 1.807) is 18.2 Å². The molecule has 0 unspecified atom stereocenters. The summed E-state index contributed by atoms with van der Waals surface area (Å²) in [7, 11) is 4.18. The molecule has 1 heterocycles. The summed E-state index contributed by atoms with van der Waals surface area (Å²) in [5.74, 6) is 0.620. The Labute approximate surface area is 138 Å². The van der Waals surface area contributed by atoms with Gasteiger partial charge in [0, 0.05) is 24.2 Å². The van der Waals surface area contributed by atoms with Crippen LogP contribution in [0, 0.1) is 0 Å². The van der Waals surface area contributed by atoms with Gasteiger partial charge in [-0.1, -0.05) is 11.6 Å². The van der Waals surface area contributed by atoms with E-state index in [2.05, 4.69) is 19.0 Å². The molecule has 0 aliphatic carbocycles. The van der Waals surface area contributed by atoms with E-state index in [9.17, 15) is 4.79 Å². The Morgan fingerprint density at radius 3 is 2.50 bits per heavy atom. The number of ether oxygens (including phenoxy) is 1. The molecule has 0 aromatic heterocycles. The fourth-order valence-corrected chi connectivity index (χ4v) is 2.95. The molecule has 1 amide bonds. The summed E-state index contributed by atoms with van der Waals surface area (Å²) in [5, 5.41) is 0.558. The van der Waals surface area contributed by atoms with Crippen molar-refractivity contribution in [2.24, 2.45) is 0 Å². The SMILES string of the molecule is CC(C)Oc1ccc(Cl)cc1C(=O)N1CCC(N(C)C)CC1. The Bertz CT molecular complexity index is 523. The van der Waals surface area contributed by atoms with Gasteiger partial charge in [-0.05, 0) is 59.0 Å². The summed E-state index contributed by atoms with van der Waals surface area (Å²) in [6.07, 6.45) is 2.02. The van der Waals surface area contributed by atoms with Crippen molar-refractivity contribution in [2.45, 2.75) is 38.8 Å². The van der Waals surface area contributed by atoms with Crippen LogP contribution < -0.4 is 4.74 Å². The lowest BCUT2D eigenvalue weighted by molar-refractivity contribution is 0.0657. The molecule has 1 saturated heterocycles. The molecule has 1 aliphatic heterocycles. The zero-order chi connectivity index (χ0) is 16.3. The van der Waals surface area contributed by atoms with Gasteiger partial charge in [0.1, 0.15) is 5.75 Å². The number of carbonyl (C=O) groups excluding carboxylic acids is 1. The number of nitrogens with zero attached hydrogens (tertiary/aromatic N) is 2. The van der Waals surface area contributed by atoms with Crippen molar-refractivity contribution in [3.8, 4) is 5.75 Å². The quantitative estimate of drug-likeness (QED) is 0.852. The van der Waals surface area contributed by atoms with E-state index in [1.165, 1.54) is 0 Å². The highest BCUT2D eigenvalue weighted by atomic mass is 35.5. The number of benzene rings is 1. The summed E-state index contributed by atoms with van der Waals surface area (Å²) in [6, 6.07) is 5.80. The van der Waals surface area contributed by atoms with Crippen molar-refractivity contribution in [1.82, 2.24) is 9.80 Å². The summed E-state index contributed by atoms with van der Waals surface area (Å²) in [4.78, 5) is 16.9. The molecule has 122 valence electrons. The van der Waals surface area contributed by atoms with Crippen LogP contribution in [0.3, 0.4) is 0 Å². The van der Waals surface area contributed by atoms with Gasteiger partial charge in [0.25, 0.3) is 5.91 Å². The number of hydrogen-bond acceptors (Lipinski definition) is 3. The minimum atomic E-state index is 0.00959. The first-order chi connectivity index (χ1) is 10.4. The van der Waals surface area contributed by atoms with E-state index >= 15 is 0 Å². The van der Waals surface area contributed by atoms with E-state index < -0.39 is 0 Å². The number of rotatable bonds is 4. The van der Waals surface area contributed by atoms with Crippen LogP contribution in [0.5, 0.6) is 5.75 Å². The monoisotopic (exact) mass is 324 g/mol. The molecule has 0 radical (unpaired) electrons.